The number of nitrogens with two attached hydrogens (primary N) is 2. The van der Waals surface area contributed by atoms with Gasteiger partial charge in [0.15, 0.2) is 0 Å². The van der Waals surface area contributed by atoms with Gasteiger partial charge in [-0.1, -0.05) is 0 Å². The Morgan fingerprint density at radius 3 is 2.67 bits per heavy atom. The predicted octanol–water partition coefficient (Wildman–Crippen LogP) is 1.77. The molecule has 0 atom stereocenters. The molecule has 1 aromatic rings. The summed E-state index contributed by atoms with van der Waals surface area (Å²) in [5.41, 5.74) is 14.2. The molecular formula is C11H18ClN3. The number of hydrogen-bond donors (Lipinski definition) is 3. The second kappa shape index (κ2) is 5.24. The molecule has 1 aromatic carbocycles. The van der Waals surface area contributed by atoms with Crippen LogP contribution in [-0.4, -0.2) is 6.54 Å². The van der Waals surface area contributed by atoms with E-state index in [0.717, 1.165) is 35.9 Å². The van der Waals surface area contributed by atoms with Crippen molar-refractivity contribution in [2.45, 2.75) is 19.4 Å². The van der Waals surface area contributed by atoms with E-state index in [2.05, 4.69) is 5.32 Å². The SMILES string of the molecule is Cl.Nc1ccc(N)c(CNCC2CC2)c1. The summed E-state index contributed by atoms with van der Waals surface area (Å²) in [4.78, 5) is 0. The summed E-state index contributed by atoms with van der Waals surface area (Å²) in [6.45, 7) is 1.93. The van der Waals surface area contributed by atoms with Crippen molar-refractivity contribution >= 4 is 23.8 Å². The van der Waals surface area contributed by atoms with Crippen molar-refractivity contribution in [2.75, 3.05) is 18.0 Å². The van der Waals surface area contributed by atoms with Crippen LogP contribution < -0.4 is 16.8 Å². The number of hydrogen-bond acceptors (Lipinski definition) is 3. The summed E-state index contributed by atoms with van der Waals surface area (Å²) in [5, 5.41) is 3.40. The molecular weight excluding hydrogens is 210 g/mol. The Morgan fingerprint density at radius 1 is 1.27 bits per heavy atom. The zero-order valence-electron chi connectivity index (χ0n) is 8.70. The molecule has 2 rings (SSSR count). The number of anilines is 2. The van der Waals surface area contributed by atoms with Gasteiger partial charge in [0.1, 0.15) is 0 Å². The molecule has 1 fully saturated rings. The third-order valence-corrected chi connectivity index (χ3v) is 2.61. The molecule has 0 unspecified atom stereocenters. The Morgan fingerprint density at radius 2 is 2.00 bits per heavy atom. The molecule has 0 saturated heterocycles. The largest absolute Gasteiger partial charge is 0.399 e. The van der Waals surface area contributed by atoms with Crippen molar-refractivity contribution in [3.05, 3.63) is 23.8 Å². The first-order valence-electron chi connectivity index (χ1n) is 5.10. The number of nitrogen functional groups attached to an aromatic ring is 2. The van der Waals surface area contributed by atoms with Gasteiger partial charge in [0.05, 0.1) is 0 Å². The van der Waals surface area contributed by atoms with Crippen molar-refractivity contribution in [3.63, 3.8) is 0 Å². The van der Waals surface area contributed by atoms with Gasteiger partial charge in [0.25, 0.3) is 0 Å². The zero-order valence-corrected chi connectivity index (χ0v) is 9.52. The third-order valence-electron chi connectivity index (χ3n) is 2.61. The predicted molar refractivity (Wildman–Crippen MR) is 66.9 cm³/mol. The second-order valence-corrected chi connectivity index (χ2v) is 4.03. The summed E-state index contributed by atoms with van der Waals surface area (Å²) in [7, 11) is 0. The molecule has 15 heavy (non-hydrogen) atoms. The van der Waals surface area contributed by atoms with Gasteiger partial charge in [0, 0.05) is 17.9 Å². The van der Waals surface area contributed by atoms with Crippen molar-refractivity contribution in [1.29, 1.82) is 0 Å². The average molecular weight is 228 g/mol. The van der Waals surface area contributed by atoms with E-state index < -0.39 is 0 Å². The molecule has 0 amide bonds. The van der Waals surface area contributed by atoms with Crippen LogP contribution in [0.3, 0.4) is 0 Å². The van der Waals surface area contributed by atoms with Crippen molar-refractivity contribution < 1.29 is 0 Å². The third kappa shape index (κ3) is 3.61. The Bertz CT molecular complexity index is 324. The first-order valence-corrected chi connectivity index (χ1v) is 5.10. The monoisotopic (exact) mass is 227 g/mol. The van der Waals surface area contributed by atoms with Gasteiger partial charge in [-0.2, -0.15) is 0 Å². The van der Waals surface area contributed by atoms with E-state index in [-0.39, 0.29) is 12.4 Å². The molecule has 5 N–H and O–H groups in total. The molecule has 0 heterocycles. The minimum absolute atomic E-state index is 0. The molecule has 1 saturated carbocycles. The van der Waals surface area contributed by atoms with E-state index in [1.54, 1.807) is 0 Å². The van der Waals surface area contributed by atoms with Gasteiger partial charge < -0.3 is 16.8 Å². The van der Waals surface area contributed by atoms with Crippen molar-refractivity contribution in [2.24, 2.45) is 5.92 Å². The lowest BCUT2D eigenvalue weighted by atomic mass is 10.1. The molecule has 1 aliphatic rings. The van der Waals surface area contributed by atoms with Gasteiger partial charge >= 0.3 is 0 Å². The van der Waals surface area contributed by atoms with E-state index in [0.29, 0.717) is 0 Å². The standard InChI is InChI=1S/C11H17N3.ClH/c12-10-3-4-11(13)9(5-10)7-14-6-8-1-2-8;/h3-5,8,14H,1-2,6-7,12-13H2;1H. The maximum absolute atomic E-state index is 5.83. The number of nitrogens with one attached hydrogen (secondary N) is 1. The average Bonchev–Trinajstić information content (AvgIpc) is 2.95. The first kappa shape index (κ1) is 12.1. The fraction of sp³-hybridized carbons (Fsp3) is 0.455. The van der Waals surface area contributed by atoms with Gasteiger partial charge in [-0.05, 0) is 49.1 Å². The Kier molecular flexibility index (Phi) is 4.24. The molecule has 0 spiro atoms. The zero-order chi connectivity index (χ0) is 9.97. The topological polar surface area (TPSA) is 64.1 Å². The minimum Gasteiger partial charge on any atom is -0.399 e. The number of benzene rings is 1. The van der Waals surface area contributed by atoms with Gasteiger partial charge in [-0.15, -0.1) is 12.4 Å². The Labute approximate surface area is 96.6 Å². The summed E-state index contributed by atoms with van der Waals surface area (Å²) in [6.07, 6.45) is 2.75. The van der Waals surface area contributed by atoms with Crippen LogP contribution in [0.25, 0.3) is 0 Å². The Hall–Kier alpha value is -0.930. The van der Waals surface area contributed by atoms with Crippen LogP contribution in [0.5, 0.6) is 0 Å². The van der Waals surface area contributed by atoms with Crippen LogP contribution in [0.15, 0.2) is 18.2 Å². The quantitative estimate of drug-likeness (QED) is 0.687. The van der Waals surface area contributed by atoms with Crippen LogP contribution in [0, 0.1) is 5.92 Å². The van der Waals surface area contributed by atoms with E-state index in [1.165, 1.54) is 12.8 Å². The van der Waals surface area contributed by atoms with Crippen molar-refractivity contribution in [1.82, 2.24) is 5.32 Å². The lowest BCUT2D eigenvalue weighted by Crippen LogP contribution is -2.17. The fourth-order valence-corrected chi connectivity index (χ4v) is 1.51. The van der Waals surface area contributed by atoms with E-state index in [4.69, 9.17) is 11.5 Å². The summed E-state index contributed by atoms with van der Waals surface area (Å²) in [6, 6.07) is 5.64. The fourth-order valence-electron chi connectivity index (χ4n) is 1.51. The van der Waals surface area contributed by atoms with Gasteiger partial charge in [0.2, 0.25) is 0 Å². The lowest BCUT2D eigenvalue weighted by Gasteiger charge is -2.07. The highest BCUT2D eigenvalue weighted by molar-refractivity contribution is 5.85. The minimum atomic E-state index is 0. The summed E-state index contributed by atoms with van der Waals surface area (Å²) >= 11 is 0. The molecule has 0 radical (unpaired) electrons. The normalized spacial score (nSPS) is 14.7. The Balaban J connectivity index is 0.00000112. The lowest BCUT2D eigenvalue weighted by molar-refractivity contribution is 0.639. The highest BCUT2D eigenvalue weighted by Gasteiger charge is 2.20. The van der Waals surface area contributed by atoms with Crippen LogP contribution in [-0.2, 0) is 6.54 Å². The number of rotatable bonds is 4. The first-order chi connectivity index (χ1) is 6.75. The smallest absolute Gasteiger partial charge is 0.0361 e. The molecule has 1 aliphatic carbocycles. The summed E-state index contributed by atoms with van der Waals surface area (Å²) < 4.78 is 0. The van der Waals surface area contributed by atoms with Gasteiger partial charge in [-0.3, -0.25) is 0 Å². The highest BCUT2D eigenvalue weighted by atomic mass is 35.5. The van der Waals surface area contributed by atoms with Crippen molar-refractivity contribution in [3.8, 4) is 0 Å². The highest BCUT2D eigenvalue weighted by Crippen LogP contribution is 2.27. The van der Waals surface area contributed by atoms with E-state index in [1.807, 2.05) is 18.2 Å². The molecule has 84 valence electrons. The molecule has 4 heteroatoms. The van der Waals surface area contributed by atoms with Crippen LogP contribution >= 0.6 is 12.4 Å². The summed E-state index contributed by atoms with van der Waals surface area (Å²) in [5.74, 6) is 0.900. The molecule has 0 aliphatic heterocycles. The maximum Gasteiger partial charge on any atom is 0.0361 e. The van der Waals surface area contributed by atoms with E-state index >= 15 is 0 Å². The molecule has 0 aromatic heterocycles. The molecule has 0 bridgehead atoms. The molecule has 3 nitrogen and oxygen atoms in total. The van der Waals surface area contributed by atoms with Crippen LogP contribution in [0.4, 0.5) is 11.4 Å². The van der Waals surface area contributed by atoms with Crippen LogP contribution in [0.1, 0.15) is 18.4 Å². The van der Waals surface area contributed by atoms with Crippen LogP contribution in [0.2, 0.25) is 0 Å². The maximum atomic E-state index is 5.83. The number of halogens is 1. The van der Waals surface area contributed by atoms with E-state index in [9.17, 15) is 0 Å². The second-order valence-electron chi connectivity index (χ2n) is 4.03. The van der Waals surface area contributed by atoms with Gasteiger partial charge in [-0.25, -0.2) is 0 Å².